The number of aromatic nitrogens is 2. The highest BCUT2D eigenvalue weighted by molar-refractivity contribution is 5.95. The van der Waals surface area contributed by atoms with Gasteiger partial charge in [0.1, 0.15) is 41.1 Å². The molecule has 2 aliphatic carbocycles. The Kier molecular flexibility index (Phi) is 9.13. The molecule has 0 radical (unpaired) electrons. The number of rotatable bonds is 7. The summed E-state index contributed by atoms with van der Waals surface area (Å²) in [6, 6.07) is 10.4. The van der Waals surface area contributed by atoms with E-state index in [9.17, 15) is 19.5 Å². The van der Waals surface area contributed by atoms with Crippen molar-refractivity contribution in [1.29, 1.82) is 0 Å². The topological polar surface area (TPSA) is 132 Å². The summed E-state index contributed by atoms with van der Waals surface area (Å²) in [5, 5.41) is 13.8. The average Bonchev–Trinajstić information content (AvgIpc) is 3.59. The molecule has 0 bridgehead atoms. The number of carbonyl (C=O) groups excluding carboxylic acids is 2. The zero-order valence-electron chi connectivity index (χ0n) is 27.4. The molecule has 5 atom stereocenters. The highest BCUT2D eigenvalue weighted by Crippen LogP contribution is 2.45. The van der Waals surface area contributed by atoms with Crippen LogP contribution in [0.2, 0.25) is 0 Å². The molecular weight excluding hydrogens is 612 g/mol. The number of hydrogen-bond donors (Lipinski definition) is 2. The summed E-state index contributed by atoms with van der Waals surface area (Å²) in [4.78, 5) is 47.3. The number of allylic oxidation sites excluding steroid dienone is 1. The number of nitrogens with zero attached hydrogens (tertiary/aromatic N) is 3. The normalized spacial score (nSPS) is 29.0. The number of amides is 2. The van der Waals surface area contributed by atoms with Crippen LogP contribution in [0, 0.1) is 5.92 Å². The number of fused-ring (bicyclic) bond motifs is 3. The molecule has 1 aromatic carbocycles. The minimum atomic E-state index is -1.37. The van der Waals surface area contributed by atoms with Crippen LogP contribution >= 0.6 is 0 Å². The van der Waals surface area contributed by atoms with Crippen molar-refractivity contribution in [2.75, 3.05) is 13.7 Å². The fraction of sp³-hybridized carbons (Fsp3) is 0.514. The fourth-order valence-corrected chi connectivity index (χ4v) is 7.55. The second-order valence-corrected chi connectivity index (χ2v) is 13.6. The van der Waals surface area contributed by atoms with Crippen LogP contribution < -0.4 is 14.8 Å². The lowest BCUT2D eigenvalue weighted by molar-refractivity contribution is -0.153. The van der Waals surface area contributed by atoms with Crippen LogP contribution in [0.25, 0.3) is 16.7 Å². The van der Waals surface area contributed by atoms with E-state index in [1.165, 1.54) is 0 Å². The SMILES string of the molecule is COc1ccc2c(OC3CC4C(=O)NC5(C(=O)O)CC5/C=C/CCCCCC(OC5CCCC5)C(=O)N4C3)cc(-n3cccc3)nc2c1. The van der Waals surface area contributed by atoms with E-state index < -0.39 is 35.7 Å². The van der Waals surface area contributed by atoms with E-state index in [1.54, 1.807) is 12.0 Å². The quantitative estimate of drug-likeness (QED) is 0.332. The van der Waals surface area contributed by atoms with Crippen molar-refractivity contribution in [3.8, 4) is 17.3 Å². The molecule has 2 aliphatic heterocycles. The number of ether oxygens (including phenoxy) is 3. The number of carbonyl (C=O) groups is 3. The molecule has 11 heteroatoms. The summed E-state index contributed by atoms with van der Waals surface area (Å²) in [5.41, 5.74) is -0.689. The molecule has 5 unspecified atom stereocenters. The molecule has 2 N–H and O–H groups in total. The van der Waals surface area contributed by atoms with Crippen LogP contribution in [0.15, 0.2) is 60.9 Å². The third kappa shape index (κ3) is 6.52. The first-order valence-electron chi connectivity index (χ1n) is 17.3. The Morgan fingerprint density at radius 1 is 1.02 bits per heavy atom. The van der Waals surface area contributed by atoms with Crippen molar-refractivity contribution in [1.82, 2.24) is 19.8 Å². The highest BCUT2D eigenvalue weighted by Gasteiger charge is 2.61. The first kappa shape index (κ1) is 32.2. The molecule has 2 saturated carbocycles. The molecule has 2 amide bonds. The molecule has 1 saturated heterocycles. The van der Waals surface area contributed by atoms with Crippen molar-refractivity contribution >= 4 is 28.7 Å². The van der Waals surface area contributed by atoms with Crippen molar-refractivity contribution in [2.24, 2.45) is 5.92 Å². The fourth-order valence-electron chi connectivity index (χ4n) is 7.55. The molecule has 11 nitrogen and oxygen atoms in total. The minimum absolute atomic E-state index is 0.0284. The van der Waals surface area contributed by atoms with E-state index in [0.29, 0.717) is 35.7 Å². The first-order chi connectivity index (χ1) is 23.3. The van der Waals surface area contributed by atoms with Gasteiger partial charge >= 0.3 is 5.97 Å². The Balaban J connectivity index is 1.21. The van der Waals surface area contributed by atoms with Crippen LogP contribution in [-0.4, -0.2) is 80.9 Å². The number of methoxy groups -OCH3 is 1. The maximum atomic E-state index is 14.4. The molecular formula is C37H44N4O7. The zero-order valence-corrected chi connectivity index (χ0v) is 27.4. The molecule has 3 fully saturated rings. The summed E-state index contributed by atoms with van der Waals surface area (Å²) in [7, 11) is 1.61. The first-order valence-corrected chi connectivity index (χ1v) is 17.3. The molecule has 4 aliphatic rings. The van der Waals surface area contributed by atoms with E-state index in [1.807, 2.05) is 65.5 Å². The van der Waals surface area contributed by atoms with E-state index in [-0.39, 0.29) is 30.9 Å². The lowest BCUT2D eigenvalue weighted by Gasteiger charge is -2.30. The summed E-state index contributed by atoms with van der Waals surface area (Å²) in [6.45, 7) is 0.170. The van der Waals surface area contributed by atoms with Gasteiger partial charge < -0.3 is 34.1 Å². The van der Waals surface area contributed by atoms with E-state index in [4.69, 9.17) is 19.2 Å². The minimum Gasteiger partial charge on any atom is -0.497 e. The van der Waals surface area contributed by atoms with Crippen LogP contribution in [-0.2, 0) is 19.1 Å². The van der Waals surface area contributed by atoms with Crippen molar-refractivity contribution in [3.63, 3.8) is 0 Å². The average molecular weight is 657 g/mol. The van der Waals surface area contributed by atoms with Gasteiger partial charge in [-0.1, -0.05) is 37.8 Å². The Hall–Kier alpha value is -4.38. The van der Waals surface area contributed by atoms with Crippen LogP contribution in [0.5, 0.6) is 11.5 Å². The van der Waals surface area contributed by atoms with Crippen molar-refractivity contribution < 1.29 is 33.7 Å². The summed E-state index contributed by atoms with van der Waals surface area (Å²) < 4.78 is 20.5. The van der Waals surface area contributed by atoms with Crippen molar-refractivity contribution in [2.45, 2.75) is 101 Å². The smallest absolute Gasteiger partial charge is 0.330 e. The third-order valence-electron chi connectivity index (χ3n) is 10.4. The lowest BCUT2D eigenvalue weighted by Crippen LogP contribution is -2.54. The van der Waals surface area contributed by atoms with Gasteiger partial charge in [0.05, 0.1) is 25.3 Å². The number of nitrogens with one attached hydrogen (secondary N) is 1. The number of benzene rings is 1. The van der Waals surface area contributed by atoms with Crippen LogP contribution in [0.4, 0.5) is 0 Å². The predicted molar refractivity (Wildman–Crippen MR) is 178 cm³/mol. The Morgan fingerprint density at radius 2 is 1.81 bits per heavy atom. The zero-order chi connectivity index (χ0) is 33.3. The third-order valence-corrected chi connectivity index (χ3v) is 10.4. The summed E-state index contributed by atoms with van der Waals surface area (Å²) >= 11 is 0. The van der Waals surface area contributed by atoms with Gasteiger partial charge in [0.15, 0.2) is 0 Å². The largest absolute Gasteiger partial charge is 0.497 e. The van der Waals surface area contributed by atoms with Gasteiger partial charge in [-0.15, -0.1) is 0 Å². The maximum absolute atomic E-state index is 14.4. The van der Waals surface area contributed by atoms with Crippen LogP contribution in [0.1, 0.15) is 70.6 Å². The van der Waals surface area contributed by atoms with E-state index in [0.717, 1.165) is 56.8 Å². The monoisotopic (exact) mass is 656 g/mol. The van der Waals surface area contributed by atoms with E-state index >= 15 is 0 Å². The lowest BCUT2D eigenvalue weighted by atomic mass is 10.1. The van der Waals surface area contributed by atoms with Crippen molar-refractivity contribution in [3.05, 3.63) is 60.9 Å². The van der Waals surface area contributed by atoms with Gasteiger partial charge in [0.25, 0.3) is 5.91 Å². The number of hydrogen-bond acceptors (Lipinski definition) is 7. The molecule has 3 aromatic rings. The molecule has 48 heavy (non-hydrogen) atoms. The Morgan fingerprint density at radius 3 is 2.58 bits per heavy atom. The van der Waals surface area contributed by atoms with Gasteiger partial charge in [0.2, 0.25) is 5.91 Å². The number of pyridine rings is 1. The molecule has 0 spiro atoms. The standard InChI is InChI=1S/C37H44N4O7/c1-46-26-15-16-28-29(19-26)38-33(40-17-9-10-18-40)21-32(28)48-27-20-30-34(42)39-37(36(44)45)22-24(37)11-5-3-2-4-6-14-31(35(43)41(30)23-27)47-25-12-7-8-13-25/h5,9-11,15-19,21,24-25,27,30-31H,2-4,6-8,12-14,20,22-23H2,1H3,(H,39,42)(H,44,45)/b11-5+. The molecule has 7 rings (SSSR count). The maximum Gasteiger partial charge on any atom is 0.330 e. The Labute approximate surface area is 280 Å². The highest BCUT2D eigenvalue weighted by atomic mass is 16.5. The summed E-state index contributed by atoms with van der Waals surface area (Å²) in [5.74, 6) is -0.160. The van der Waals surface area contributed by atoms with Gasteiger partial charge in [-0.05, 0) is 62.8 Å². The summed E-state index contributed by atoms with van der Waals surface area (Å²) in [6.07, 6.45) is 15.3. The number of carboxylic acid groups (broad SMARTS) is 1. The number of carboxylic acids is 1. The second-order valence-electron chi connectivity index (χ2n) is 13.6. The molecule has 254 valence electrons. The molecule has 4 heterocycles. The van der Waals surface area contributed by atoms with Gasteiger partial charge in [-0.25, -0.2) is 9.78 Å². The van der Waals surface area contributed by atoms with Gasteiger partial charge in [0, 0.05) is 42.3 Å². The molecule has 2 aromatic heterocycles. The predicted octanol–water partition coefficient (Wildman–Crippen LogP) is 5.19. The van der Waals surface area contributed by atoms with Crippen LogP contribution in [0.3, 0.4) is 0 Å². The van der Waals surface area contributed by atoms with Gasteiger partial charge in [-0.2, -0.15) is 0 Å². The second kappa shape index (κ2) is 13.6. The van der Waals surface area contributed by atoms with Gasteiger partial charge in [-0.3, -0.25) is 9.59 Å². The van der Waals surface area contributed by atoms with E-state index in [2.05, 4.69) is 5.32 Å². The Bertz CT molecular complexity index is 1680. The number of aliphatic carboxylic acids is 1.